The quantitative estimate of drug-likeness (QED) is 0.305. The van der Waals surface area contributed by atoms with Crippen molar-refractivity contribution in [3.05, 3.63) is 76.3 Å². The van der Waals surface area contributed by atoms with Gasteiger partial charge in [0.15, 0.2) is 11.3 Å². The minimum absolute atomic E-state index is 0.00432. The maximum absolute atomic E-state index is 15.6. The average Bonchev–Trinajstić information content (AvgIpc) is 3.64. The van der Waals surface area contributed by atoms with Gasteiger partial charge in [-0.15, -0.1) is 13.2 Å². The molecule has 6 rings (SSSR count). The molecule has 54 heavy (non-hydrogen) atoms. The first-order valence-electron chi connectivity index (χ1n) is 17.0. The van der Waals surface area contributed by atoms with Crippen molar-refractivity contribution in [2.24, 2.45) is 0 Å². The van der Waals surface area contributed by atoms with Crippen molar-refractivity contribution >= 4 is 39.1 Å². The Hall–Kier alpha value is -4.13. The summed E-state index contributed by atoms with van der Waals surface area (Å²) in [6.45, 7) is 2.95. The monoisotopic (exact) mass is 796 g/mol. The normalized spacial score (nSPS) is 22.3. The summed E-state index contributed by atoms with van der Waals surface area (Å²) >= 11 is 6.59. The molecule has 1 N–H and O–H groups in total. The zero-order valence-corrected chi connectivity index (χ0v) is 31.5. The fraction of sp³-hybridized carbons (Fsp3) is 0.444. The van der Waals surface area contributed by atoms with Gasteiger partial charge in [-0.2, -0.15) is 0 Å². The largest absolute Gasteiger partial charge is 0.573 e. The molecule has 3 aliphatic heterocycles. The maximum atomic E-state index is 15.6. The number of methoxy groups -OCH3 is 2. The lowest BCUT2D eigenvalue weighted by molar-refractivity contribution is -0.275. The van der Waals surface area contributed by atoms with Crippen molar-refractivity contribution in [2.45, 2.75) is 41.8 Å². The number of sulfonamides is 1. The summed E-state index contributed by atoms with van der Waals surface area (Å²) in [6.07, 6.45) is -6.07. The topological polar surface area (TPSA) is 138 Å². The summed E-state index contributed by atoms with van der Waals surface area (Å²) < 4.78 is 91.7. The standard InChI is InChI=1S/C36H40ClF3N4O9S/c1-41(2)33(46)29-19-24(45)21-43(29)35(27-17-22(5-9-30(27)51-4)11-12-42-13-15-52-16-14-42)26-18-23(37)6-8-28(26)44(34(35)47)54(48,49)32-10-7-25(50-3)20-31(32)53-36(38,39)40/h5-10,17-18,20,24,29,45H,11-16,19,21H2,1-4H3/t24-,29+,35?/m1/s1. The van der Waals surface area contributed by atoms with Gasteiger partial charge < -0.3 is 29.0 Å². The number of nitrogens with zero attached hydrogens (tertiary/aromatic N) is 4. The van der Waals surface area contributed by atoms with E-state index in [0.29, 0.717) is 30.5 Å². The number of carbonyl (C=O) groups excluding carboxylic acids is 2. The molecular weight excluding hydrogens is 757 g/mol. The minimum atomic E-state index is -5.32. The summed E-state index contributed by atoms with van der Waals surface area (Å²) in [6, 6.07) is 10.7. The van der Waals surface area contributed by atoms with Gasteiger partial charge in [0, 0.05) is 62.5 Å². The zero-order chi connectivity index (χ0) is 39.2. The highest BCUT2D eigenvalue weighted by Gasteiger charge is 2.64. The number of rotatable bonds is 11. The van der Waals surface area contributed by atoms with Crippen LogP contribution in [0.15, 0.2) is 59.5 Å². The second-order valence-corrected chi connectivity index (χ2v) is 15.5. The molecule has 0 saturated carbocycles. The van der Waals surface area contributed by atoms with E-state index >= 15 is 4.79 Å². The van der Waals surface area contributed by atoms with Crippen LogP contribution in [0.1, 0.15) is 23.1 Å². The van der Waals surface area contributed by atoms with Gasteiger partial charge in [-0.25, -0.2) is 12.7 Å². The third-order valence-electron chi connectivity index (χ3n) is 9.87. The lowest BCUT2D eigenvalue weighted by atomic mass is 9.80. The molecule has 0 aromatic heterocycles. The predicted molar refractivity (Wildman–Crippen MR) is 190 cm³/mol. The molecule has 3 aromatic rings. The molecule has 0 radical (unpaired) electrons. The van der Waals surface area contributed by atoms with Crippen LogP contribution in [0.4, 0.5) is 18.9 Å². The van der Waals surface area contributed by atoms with Gasteiger partial charge in [0.2, 0.25) is 5.91 Å². The van der Waals surface area contributed by atoms with Crippen molar-refractivity contribution < 1.29 is 55.2 Å². The van der Waals surface area contributed by atoms with E-state index in [4.69, 9.17) is 25.8 Å². The van der Waals surface area contributed by atoms with Crippen LogP contribution in [0.25, 0.3) is 0 Å². The molecule has 3 atom stereocenters. The summed E-state index contributed by atoms with van der Waals surface area (Å²) in [5, 5.41) is 11.2. The smallest absolute Gasteiger partial charge is 0.497 e. The molecule has 0 bridgehead atoms. The number of amides is 2. The van der Waals surface area contributed by atoms with Gasteiger partial charge >= 0.3 is 6.36 Å². The van der Waals surface area contributed by atoms with E-state index in [1.54, 1.807) is 12.1 Å². The van der Waals surface area contributed by atoms with E-state index in [-0.39, 0.29) is 46.3 Å². The Balaban J connectivity index is 1.62. The van der Waals surface area contributed by atoms with Crippen molar-refractivity contribution in [2.75, 3.05) is 72.0 Å². The lowest BCUT2D eigenvalue weighted by Crippen LogP contribution is -2.59. The number of anilines is 1. The van der Waals surface area contributed by atoms with Crippen molar-refractivity contribution in [3.63, 3.8) is 0 Å². The molecule has 0 spiro atoms. The van der Waals surface area contributed by atoms with Crippen LogP contribution in [0.5, 0.6) is 17.2 Å². The molecule has 0 aliphatic carbocycles. The van der Waals surface area contributed by atoms with Crippen LogP contribution in [0, 0.1) is 0 Å². The zero-order valence-electron chi connectivity index (χ0n) is 29.9. The number of β-amino-alcohol motifs (C(OH)–C–C–N with tert-alkyl or cyclic N) is 1. The van der Waals surface area contributed by atoms with E-state index < -0.39 is 56.5 Å². The molecule has 18 heteroatoms. The molecule has 2 amide bonds. The highest BCUT2D eigenvalue weighted by atomic mass is 35.5. The summed E-state index contributed by atoms with van der Waals surface area (Å²) in [5.41, 5.74) is -1.58. The molecule has 3 aliphatic rings. The lowest BCUT2D eigenvalue weighted by Gasteiger charge is -2.42. The Bertz CT molecular complexity index is 2030. The Morgan fingerprint density at radius 1 is 1.02 bits per heavy atom. The fourth-order valence-corrected chi connectivity index (χ4v) is 9.16. The predicted octanol–water partition coefficient (Wildman–Crippen LogP) is 3.63. The second-order valence-electron chi connectivity index (χ2n) is 13.3. The number of halogens is 4. The Morgan fingerprint density at radius 2 is 1.74 bits per heavy atom. The highest BCUT2D eigenvalue weighted by Crippen LogP contribution is 2.55. The third-order valence-corrected chi connectivity index (χ3v) is 11.8. The molecule has 13 nitrogen and oxygen atoms in total. The number of ether oxygens (including phenoxy) is 4. The van der Waals surface area contributed by atoms with Gasteiger partial charge in [-0.3, -0.25) is 19.4 Å². The number of aliphatic hydroxyl groups excluding tert-OH is 1. The van der Waals surface area contributed by atoms with Crippen LogP contribution in [0.2, 0.25) is 5.02 Å². The number of hydrogen-bond donors (Lipinski definition) is 1. The van der Waals surface area contributed by atoms with Crippen LogP contribution >= 0.6 is 11.6 Å². The van der Waals surface area contributed by atoms with Crippen molar-refractivity contribution in [1.29, 1.82) is 0 Å². The second kappa shape index (κ2) is 15.2. The number of alkyl halides is 3. The number of hydrogen-bond acceptors (Lipinski definition) is 11. The highest BCUT2D eigenvalue weighted by molar-refractivity contribution is 7.93. The van der Waals surface area contributed by atoms with Gasteiger partial charge in [0.25, 0.3) is 15.9 Å². The minimum Gasteiger partial charge on any atom is -0.497 e. The van der Waals surface area contributed by atoms with Crippen molar-refractivity contribution in [3.8, 4) is 17.2 Å². The first-order chi connectivity index (χ1) is 25.5. The number of likely N-dealkylation sites (tertiary alicyclic amines) is 1. The molecule has 1 unspecified atom stereocenters. The van der Waals surface area contributed by atoms with Gasteiger partial charge in [-0.05, 0) is 60.9 Å². The molecule has 3 aromatic carbocycles. The molecule has 2 fully saturated rings. The van der Waals surface area contributed by atoms with E-state index in [2.05, 4.69) is 9.64 Å². The Labute approximate surface area is 315 Å². The number of benzene rings is 3. The summed E-state index contributed by atoms with van der Waals surface area (Å²) in [4.78, 5) is 33.5. The van der Waals surface area contributed by atoms with Crippen LogP contribution in [-0.4, -0.2) is 126 Å². The fourth-order valence-electron chi connectivity index (χ4n) is 7.43. The number of fused-ring (bicyclic) bond motifs is 1. The molecule has 3 heterocycles. The SMILES string of the molecule is COc1ccc(S(=O)(=O)N2C(=O)C(c3cc(CCN4CCOCC4)ccc3OC)(N3C[C@H](O)C[C@H]3C(=O)N(C)C)c3cc(Cl)ccc32)c(OC(F)(F)F)c1. The first kappa shape index (κ1) is 39.6. The van der Waals surface area contributed by atoms with E-state index in [9.17, 15) is 31.5 Å². The third kappa shape index (κ3) is 7.20. The van der Waals surface area contributed by atoms with E-state index in [0.717, 1.165) is 36.9 Å². The number of carbonyl (C=O) groups is 2. The van der Waals surface area contributed by atoms with Crippen LogP contribution in [-0.2, 0) is 36.3 Å². The van der Waals surface area contributed by atoms with Gasteiger partial charge in [0.05, 0.1) is 45.3 Å². The number of aliphatic hydroxyl groups is 1. The summed E-state index contributed by atoms with van der Waals surface area (Å²) in [7, 11) is 0.306. The molecule has 292 valence electrons. The van der Waals surface area contributed by atoms with E-state index in [1.807, 2.05) is 6.07 Å². The molecular formula is C36H40ClF3N4O9S. The number of likely N-dealkylation sites (N-methyl/N-ethyl adjacent to an activating group) is 1. The summed E-state index contributed by atoms with van der Waals surface area (Å²) in [5.74, 6) is -2.78. The Morgan fingerprint density at radius 3 is 2.39 bits per heavy atom. The van der Waals surface area contributed by atoms with Crippen LogP contribution in [0.3, 0.4) is 0 Å². The Kier molecular flexibility index (Phi) is 11.1. The van der Waals surface area contributed by atoms with Crippen LogP contribution < -0.4 is 18.5 Å². The van der Waals surface area contributed by atoms with Gasteiger partial charge in [-0.1, -0.05) is 17.7 Å². The first-order valence-corrected chi connectivity index (χ1v) is 18.8. The molecule has 2 saturated heterocycles. The number of morpholine rings is 1. The van der Waals surface area contributed by atoms with E-state index in [1.165, 1.54) is 56.3 Å². The maximum Gasteiger partial charge on any atom is 0.573 e. The van der Waals surface area contributed by atoms with Gasteiger partial charge in [0.1, 0.15) is 16.4 Å². The van der Waals surface area contributed by atoms with Crippen molar-refractivity contribution in [1.82, 2.24) is 14.7 Å². The average molecular weight is 797 g/mol.